The van der Waals surface area contributed by atoms with Crippen molar-refractivity contribution in [2.75, 3.05) is 4.90 Å². The van der Waals surface area contributed by atoms with E-state index in [1.54, 1.807) is 0 Å². The fourth-order valence-corrected chi connectivity index (χ4v) is 7.50. The van der Waals surface area contributed by atoms with Gasteiger partial charge in [-0.25, -0.2) is 0 Å². The van der Waals surface area contributed by atoms with E-state index in [1.807, 2.05) is 6.20 Å². The van der Waals surface area contributed by atoms with Gasteiger partial charge in [-0.15, -0.1) is 0 Å². The van der Waals surface area contributed by atoms with E-state index in [-0.39, 0.29) is 0 Å². The quantitative estimate of drug-likeness (QED) is 0.175. The van der Waals surface area contributed by atoms with Crippen molar-refractivity contribution in [3.63, 3.8) is 0 Å². The second-order valence-electron chi connectivity index (χ2n) is 14.0. The van der Waals surface area contributed by atoms with Gasteiger partial charge in [0.15, 0.2) is 0 Å². The summed E-state index contributed by atoms with van der Waals surface area (Å²) in [5, 5.41) is 0. The van der Waals surface area contributed by atoms with E-state index in [2.05, 4.69) is 143 Å². The van der Waals surface area contributed by atoms with Gasteiger partial charge in [0.25, 0.3) is 0 Å². The van der Waals surface area contributed by atoms with Gasteiger partial charge in [0.05, 0.1) is 0 Å². The van der Waals surface area contributed by atoms with Gasteiger partial charge < -0.3 is 4.90 Å². The van der Waals surface area contributed by atoms with Crippen LogP contribution in [0.15, 0.2) is 91.3 Å². The molecule has 0 saturated heterocycles. The predicted octanol–water partition coefficient (Wildman–Crippen LogP) is 11.4. The third-order valence-electron chi connectivity index (χ3n) is 10.8. The number of aryl methyl sites for hydroxylation is 5. The van der Waals surface area contributed by atoms with E-state index in [0.29, 0.717) is 12.0 Å². The average Bonchev–Trinajstić information content (AvgIpc) is 3.05. The highest BCUT2D eigenvalue weighted by Crippen LogP contribution is 2.36. The minimum atomic E-state index is 0.535. The highest BCUT2D eigenvalue weighted by atomic mass is 15.2. The molecule has 0 unspecified atom stereocenters. The Hall–Kier alpha value is -4.17. The van der Waals surface area contributed by atoms with Gasteiger partial charge in [-0.2, -0.15) is 0 Å². The molecule has 1 aliphatic carbocycles. The lowest BCUT2D eigenvalue weighted by Crippen LogP contribution is -2.38. The van der Waals surface area contributed by atoms with Gasteiger partial charge in [0.2, 0.25) is 0 Å². The summed E-state index contributed by atoms with van der Waals surface area (Å²) in [5.41, 5.74) is 18.8. The summed E-state index contributed by atoms with van der Waals surface area (Å²) in [6.45, 7) is 16.5. The van der Waals surface area contributed by atoms with Gasteiger partial charge in [-0.05, 0) is 171 Å². The second kappa shape index (κ2) is 13.7. The molecule has 0 bridgehead atoms. The largest absolute Gasteiger partial charge is 0.364 e. The molecule has 4 aromatic carbocycles. The molecule has 0 atom stereocenters. The van der Waals surface area contributed by atoms with E-state index in [9.17, 15) is 0 Å². The van der Waals surface area contributed by atoms with Crippen molar-refractivity contribution in [1.29, 1.82) is 0 Å². The molecular formula is C44H50N2. The molecule has 1 fully saturated rings. The number of nitrogens with zero attached hydrogens (tertiary/aromatic N) is 2. The fraction of sp³-hybridized carbons (Fsp3) is 0.341. The van der Waals surface area contributed by atoms with Crippen LogP contribution in [-0.4, -0.2) is 11.0 Å². The molecule has 236 valence electrons. The second-order valence-corrected chi connectivity index (χ2v) is 14.0. The standard InChI is InChI=1S/C44H50N2/c1-29-11-8-9-14-44(29)46(28-37-12-10-13-39(24-37)40-19-30(2)34(6)31(3)20-40)43-17-15-36(16-18-43)23-38-25-42(27-45-26-38)41-21-32(4)35(7)33(5)22-41/h8-14,19-22,24-27,36,43H,15-18,23,28H2,1-7H3. The topological polar surface area (TPSA) is 16.1 Å². The molecule has 1 aromatic heterocycles. The molecule has 6 rings (SSSR count). The molecule has 5 aromatic rings. The van der Waals surface area contributed by atoms with Crippen molar-refractivity contribution in [1.82, 2.24) is 4.98 Å². The zero-order chi connectivity index (χ0) is 32.4. The molecular weight excluding hydrogens is 556 g/mol. The molecule has 46 heavy (non-hydrogen) atoms. The fourth-order valence-electron chi connectivity index (χ4n) is 7.50. The molecule has 0 amide bonds. The van der Waals surface area contributed by atoms with Crippen LogP contribution in [-0.2, 0) is 13.0 Å². The highest BCUT2D eigenvalue weighted by Gasteiger charge is 2.27. The first-order valence-corrected chi connectivity index (χ1v) is 17.2. The van der Waals surface area contributed by atoms with Crippen LogP contribution >= 0.6 is 0 Å². The number of anilines is 1. The lowest BCUT2D eigenvalue weighted by molar-refractivity contribution is 0.312. The summed E-state index contributed by atoms with van der Waals surface area (Å²) in [7, 11) is 0. The van der Waals surface area contributed by atoms with Crippen molar-refractivity contribution in [2.24, 2.45) is 5.92 Å². The van der Waals surface area contributed by atoms with E-state index >= 15 is 0 Å². The Morgan fingerprint density at radius 3 is 1.76 bits per heavy atom. The molecule has 2 nitrogen and oxygen atoms in total. The highest BCUT2D eigenvalue weighted by molar-refractivity contribution is 5.68. The Kier molecular flexibility index (Phi) is 9.45. The van der Waals surface area contributed by atoms with Gasteiger partial charge in [-0.1, -0.05) is 60.7 Å². The summed E-state index contributed by atoms with van der Waals surface area (Å²) in [4.78, 5) is 7.39. The van der Waals surface area contributed by atoms with Crippen molar-refractivity contribution in [2.45, 2.75) is 93.2 Å². The number of hydrogen-bond acceptors (Lipinski definition) is 2. The summed E-state index contributed by atoms with van der Waals surface area (Å²) in [5.74, 6) is 0.699. The maximum absolute atomic E-state index is 4.68. The van der Waals surface area contributed by atoms with Crippen LogP contribution in [0.25, 0.3) is 22.3 Å². The molecule has 0 radical (unpaired) electrons. The van der Waals surface area contributed by atoms with E-state index < -0.39 is 0 Å². The Morgan fingerprint density at radius 1 is 0.543 bits per heavy atom. The Morgan fingerprint density at radius 2 is 1.13 bits per heavy atom. The number of pyridine rings is 1. The van der Waals surface area contributed by atoms with Gasteiger partial charge in [0, 0.05) is 36.2 Å². The number of hydrogen-bond donors (Lipinski definition) is 0. The maximum atomic E-state index is 4.68. The third kappa shape index (κ3) is 6.97. The lowest BCUT2D eigenvalue weighted by Gasteiger charge is -2.39. The van der Waals surface area contributed by atoms with Crippen LogP contribution in [0.4, 0.5) is 5.69 Å². The van der Waals surface area contributed by atoms with Crippen molar-refractivity contribution >= 4 is 5.69 Å². The van der Waals surface area contributed by atoms with Crippen LogP contribution in [0.5, 0.6) is 0 Å². The average molecular weight is 607 g/mol. The van der Waals surface area contributed by atoms with Crippen LogP contribution in [0.2, 0.25) is 0 Å². The van der Waals surface area contributed by atoms with Gasteiger partial charge >= 0.3 is 0 Å². The monoisotopic (exact) mass is 606 g/mol. The van der Waals surface area contributed by atoms with E-state index in [1.165, 1.54) is 104 Å². The van der Waals surface area contributed by atoms with Crippen LogP contribution < -0.4 is 4.90 Å². The summed E-state index contributed by atoms with van der Waals surface area (Å²) >= 11 is 0. The van der Waals surface area contributed by atoms with Crippen molar-refractivity contribution in [3.05, 3.63) is 141 Å². The SMILES string of the molecule is Cc1ccccc1N(Cc1cccc(-c2cc(C)c(C)c(C)c2)c1)C1CCC(Cc2cncc(-c3cc(C)c(C)c(C)c3)c2)CC1. The third-order valence-corrected chi connectivity index (χ3v) is 10.8. The molecule has 0 aliphatic heterocycles. The Bertz CT molecular complexity index is 1790. The normalized spacial score (nSPS) is 16.4. The minimum Gasteiger partial charge on any atom is -0.364 e. The molecule has 0 spiro atoms. The van der Waals surface area contributed by atoms with E-state index in [4.69, 9.17) is 0 Å². The molecule has 2 heteroatoms. The van der Waals surface area contributed by atoms with Crippen LogP contribution in [0.1, 0.15) is 75.8 Å². The molecule has 1 saturated carbocycles. The van der Waals surface area contributed by atoms with Gasteiger partial charge in [0.1, 0.15) is 0 Å². The van der Waals surface area contributed by atoms with Crippen LogP contribution in [0, 0.1) is 54.4 Å². The first-order chi connectivity index (χ1) is 22.2. The van der Waals surface area contributed by atoms with Crippen LogP contribution in [0.3, 0.4) is 0 Å². The number of rotatable bonds is 8. The Balaban J connectivity index is 1.18. The number of aromatic nitrogens is 1. The zero-order valence-corrected chi connectivity index (χ0v) is 29.0. The maximum Gasteiger partial charge on any atom is 0.0432 e. The Labute approximate surface area is 277 Å². The summed E-state index contributed by atoms with van der Waals surface area (Å²) in [6, 6.07) is 30.4. The molecule has 1 aliphatic rings. The smallest absolute Gasteiger partial charge is 0.0432 e. The first kappa shape index (κ1) is 31.8. The van der Waals surface area contributed by atoms with Crippen molar-refractivity contribution < 1.29 is 0 Å². The van der Waals surface area contributed by atoms with Gasteiger partial charge in [-0.3, -0.25) is 4.98 Å². The number of para-hydroxylation sites is 1. The number of benzene rings is 4. The summed E-state index contributed by atoms with van der Waals surface area (Å²) < 4.78 is 0. The summed E-state index contributed by atoms with van der Waals surface area (Å²) in [6.07, 6.45) is 10.2. The lowest BCUT2D eigenvalue weighted by atomic mass is 9.81. The van der Waals surface area contributed by atoms with Crippen molar-refractivity contribution in [3.8, 4) is 22.3 Å². The van der Waals surface area contributed by atoms with E-state index in [0.717, 1.165) is 13.0 Å². The predicted molar refractivity (Wildman–Crippen MR) is 197 cm³/mol. The molecule has 0 N–H and O–H groups in total. The zero-order valence-electron chi connectivity index (χ0n) is 29.0. The first-order valence-electron chi connectivity index (χ1n) is 17.2. The molecule has 1 heterocycles. The minimum absolute atomic E-state index is 0.535.